The van der Waals surface area contributed by atoms with E-state index in [0.29, 0.717) is 0 Å². The topological polar surface area (TPSA) is 24.9 Å². The average molecular weight is 303 g/mol. The highest BCUT2D eigenvalue weighted by atomic mass is 79.9. The number of pyridine rings is 1. The predicted molar refractivity (Wildman–Crippen MR) is 78.6 cm³/mol. The average Bonchev–Trinajstić information content (AvgIpc) is 2.41. The van der Waals surface area contributed by atoms with E-state index in [1.165, 1.54) is 11.1 Å². The fourth-order valence-electron chi connectivity index (χ4n) is 1.84. The van der Waals surface area contributed by atoms with Gasteiger partial charge in [-0.2, -0.15) is 0 Å². The summed E-state index contributed by atoms with van der Waals surface area (Å²) in [7, 11) is 0. The molecule has 0 saturated carbocycles. The van der Waals surface area contributed by atoms with Crippen molar-refractivity contribution in [1.29, 1.82) is 0 Å². The Morgan fingerprint density at radius 2 is 1.72 bits per heavy atom. The molecule has 92 valence electrons. The summed E-state index contributed by atoms with van der Waals surface area (Å²) in [5, 5.41) is 3.48. The molecule has 2 nitrogen and oxygen atoms in total. The van der Waals surface area contributed by atoms with Crippen molar-refractivity contribution < 1.29 is 0 Å². The lowest BCUT2D eigenvalue weighted by atomic mass is 10.00. The molecule has 3 heteroatoms. The number of hydrogen-bond acceptors (Lipinski definition) is 2. The van der Waals surface area contributed by atoms with E-state index in [1.54, 1.807) is 0 Å². The van der Waals surface area contributed by atoms with Crippen LogP contribution in [0.2, 0.25) is 0 Å². The van der Waals surface area contributed by atoms with Gasteiger partial charge in [0.25, 0.3) is 0 Å². The Hall–Kier alpha value is -1.45. The highest BCUT2D eigenvalue weighted by Gasteiger charge is 2.12. The first-order valence-corrected chi connectivity index (χ1v) is 6.58. The van der Waals surface area contributed by atoms with Crippen molar-refractivity contribution in [3.8, 4) is 0 Å². The first-order chi connectivity index (χ1) is 8.77. The number of nitrogens with one attached hydrogen (secondary N) is 1. The maximum atomic E-state index is 4.06. The van der Waals surface area contributed by atoms with Gasteiger partial charge < -0.3 is 5.32 Å². The van der Waals surface area contributed by atoms with Crippen molar-refractivity contribution in [3.63, 3.8) is 0 Å². The third-order valence-electron chi connectivity index (χ3n) is 2.67. The fourth-order valence-corrected chi connectivity index (χ4v) is 2.00. The van der Waals surface area contributed by atoms with Crippen LogP contribution in [0, 0.1) is 0 Å². The zero-order valence-corrected chi connectivity index (χ0v) is 11.6. The molecule has 2 rings (SSSR count). The van der Waals surface area contributed by atoms with E-state index in [4.69, 9.17) is 0 Å². The standard InChI is InChI=1S/C15H15BrN2/c1-12(16)11-18-15(13-5-3-2-4-6-13)14-7-9-17-10-8-14/h2-10,15,18H,1,11H2. The van der Waals surface area contributed by atoms with Gasteiger partial charge in [-0.05, 0) is 23.3 Å². The van der Waals surface area contributed by atoms with E-state index in [1.807, 2.05) is 42.7 Å². The van der Waals surface area contributed by atoms with Crippen molar-refractivity contribution in [1.82, 2.24) is 10.3 Å². The molecule has 1 aromatic heterocycles. The molecular formula is C15H15BrN2. The summed E-state index contributed by atoms with van der Waals surface area (Å²) in [6.45, 7) is 4.58. The zero-order chi connectivity index (χ0) is 12.8. The lowest BCUT2D eigenvalue weighted by Gasteiger charge is -2.19. The number of aromatic nitrogens is 1. The van der Waals surface area contributed by atoms with E-state index in [-0.39, 0.29) is 6.04 Å². The summed E-state index contributed by atoms with van der Waals surface area (Å²) in [6.07, 6.45) is 3.63. The number of rotatable bonds is 5. The normalized spacial score (nSPS) is 12.1. The molecule has 2 aromatic rings. The van der Waals surface area contributed by atoms with Gasteiger partial charge in [0.2, 0.25) is 0 Å². The van der Waals surface area contributed by atoms with Gasteiger partial charge in [0.1, 0.15) is 0 Å². The Bertz CT molecular complexity index is 457. The van der Waals surface area contributed by atoms with Gasteiger partial charge in [0.15, 0.2) is 0 Å². The van der Waals surface area contributed by atoms with E-state index in [0.717, 1.165) is 11.0 Å². The number of hydrogen-bond donors (Lipinski definition) is 1. The molecule has 18 heavy (non-hydrogen) atoms. The lowest BCUT2D eigenvalue weighted by molar-refractivity contribution is 0.650. The third kappa shape index (κ3) is 3.52. The van der Waals surface area contributed by atoms with Crippen LogP contribution in [0.1, 0.15) is 17.2 Å². The largest absolute Gasteiger partial charge is 0.302 e. The van der Waals surface area contributed by atoms with Crippen molar-refractivity contribution in [3.05, 3.63) is 77.0 Å². The van der Waals surface area contributed by atoms with Gasteiger partial charge in [-0.1, -0.05) is 52.8 Å². The summed E-state index contributed by atoms with van der Waals surface area (Å²) < 4.78 is 0.942. The molecule has 0 aliphatic carbocycles. The Kier molecular flexibility index (Phi) is 4.67. The van der Waals surface area contributed by atoms with Crippen LogP contribution in [0.5, 0.6) is 0 Å². The molecule has 1 heterocycles. The predicted octanol–water partition coefficient (Wildman–Crippen LogP) is 3.67. The van der Waals surface area contributed by atoms with Crippen LogP contribution < -0.4 is 5.32 Å². The molecule has 0 aliphatic heterocycles. The van der Waals surface area contributed by atoms with Crippen molar-refractivity contribution in [2.24, 2.45) is 0 Å². The van der Waals surface area contributed by atoms with Crippen molar-refractivity contribution >= 4 is 15.9 Å². The van der Waals surface area contributed by atoms with E-state index in [2.05, 4.69) is 44.9 Å². The molecule has 1 aromatic carbocycles. The number of benzene rings is 1. The van der Waals surface area contributed by atoms with Crippen LogP contribution in [0.4, 0.5) is 0 Å². The van der Waals surface area contributed by atoms with E-state index < -0.39 is 0 Å². The zero-order valence-electron chi connectivity index (χ0n) is 10.0. The minimum absolute atomic E-state index is 0.156. The molecule has 0 fully saturated rings. The maximum absolute atomic E-state index is 4.06. The van der Waals surface area contributed by atoms with Crippen molar-refractivity contribution in [2.45, 2.75) is 6.04 Å². The van der Waals surface area contributed by atoms with Gasteiger partial charge in [-0.15, -0.1) is 0 Å². The Morgan fingerprint density at radius 3 is 2.33 bits per heavy atom. The summed E-state index contributed by atoms with van der Waals surface area (Å²) in [4.78, 5) is 4.06. The van der Waals surface area contributed by atoms with Crippen LogP contribution in [0.3, 0.4) is 0 Å². The summed E-state index contributed by atoms with van der Waals surface area (Å²) in [6, 6.07) is 14.6. The summed E-state index contributed by atoms with van der Waals surface area (Å²) >= 11 is 3.38. The highest BCUT2D eigenvalue weighted by molar-refractivity contribution is 9.11. The number of nitrogens with zero attached hydrogens (tertiary/aromatic N) is 1. The van der Waals surface area contributed by atoms with Gasteiger partial charge in [-0.25, -0.2) is 0 Å². The second kappa shape index (κ2) is 6.47. The molecule has 0 saturated heterocycles. The molecule has 1 unspecified atom stereocenters. The van der Waals surface area contributed by atoms with Crippen molar-refractivity contribution in [2.75, 3.05) is 6.54 Å². The maximum Gasteiger partial charge on any atom is 0.0580 e. The quantitative estimate of drug-likeness (QED) is 0.911. The van der Waals surface area contributed by atoms with Gasteiger partial charge in [0, 0.05) is 23.4 Å². The second-order valence-electron chi connectivity index (χ2n) is 4.02. The first-order valence-electron chi connectivity index (χ1n) is 5.79. The Morgan fingerprint density at radius 1 is 1.11 bits per heavy atom. The van der Waals surface area contributed by atoms with E-state index >= 15 is 0 Å². The van der Waals surface area contributed by atoms with E-state index in [9.17, 15) is 0 Å². The second-order valence-corrected chi connectivity index (χ2v) is 5.14. The van der Waals surface area contributed by atoms with Gasteiger partial charge >= 0.3 is 0 Å². The fraction of sp³-hybridized carbons (Fsp3) is 0.133. The van der Waals surface area contributed by atoms with Crippen LogP contribution in [-0.4, -0.2) is 11.5 Å². The van der Waals surface area contributed by atoms with Crippen LogP contribution in [0.15, 0.2) is 65.9 Å². The lowest BCUT2D eigenvalue weighted by Crippen LogP contribution is -2.23. The van der Waals surface area contributed by atoms with Crippen LogP contribution >= 0.6 is 15.9 Å². The van der Waals surface area contributed by atoms with Crippen LogP contribution in [-0.2, 0) is 0 Å². The molecule has 0 bridgehead atoms. The third-order valence-corrected chi connectivity index (χ3v) is 2.95. The minimum atomic E-state index is 0.156. The number of halogens is 1. The highest BCUT2D eigenvalue weighted by Crippen LogP contribution is 2.21. The monoisotopic (exact) mass is 302 g/mol. The van der Waals surface area contributed by atoms with Gasteiger partial charge in [0.05, 0.1) is 6.04 Å². The molecular weight excluding hydrogens is 288 g/mol. The molecule has 0 aliphatic rings. The smallest absolute Gasteiger partial charge is 0.0580 e. The first kappa shape index (κ1) is 13.0. The molecule has 0 radical (unpaired) electrons. The van der Waals surface area contributed by atoms with Gasteiger partial charge in [-0.3, -0.25) is 4.98 Å². The Balaban J connectivity index is 2.26. The molecule has 1 atom stereocenters. The summed E-state index contributed by atoms with van der Waals surface area (Å²) in [5.41, 5.74) is 2.43. The summed E-state index contributed by atoms with van der Waals surface area (Å²) in [5.74, 6) is 0. The molecule has 0 spiro atoms. The van der Waals surface area contributed by atoms with Crippen LogP contribution in [0.25, 0.3) is 0 Å². The minimum Gasteiger partial charge on any atom is -0.302 e. The molecule has 0 amide bonds. The Labute approximate surface area is 116 Å². The molecule has 1 N–H and O–H groups in total. The SMILES string of the molecule is C=C(Br)CNC(c1ccccc1)c1ccncc1.